The molecular weight excluding hydrogens is 310 g/mol. The molecule has 0 amide bonds. The summed E-state index contributed by atoms with van der Waals surface area (Å²) in [6.07, 6.45) is 4.79. The topological polar surface area (TPSA) is 68.6 Å². The number of halogens is 1. The highest BCUT2D eigenvalue weighted by Crippen LogP contribution is 2.29. The lowest BCUT2D eigenvalue weighted by atomic mass is 10.2. The van der Waals surface area contributed by atoms with Gasteiger partial charge in [-0.15, -0.1) is 0 Å². The van der Waals surface area contributed by atoms with E-state index in [4.69, 9.17) is 28.6 Å². The number of aromatic amines is 1. The predicted octanol–water partition coefficient (Wildman–Crippen LogP) is 3.05. The monoisotopic (exact) mass is 319 g/mol. The maximum atomic E-state index is 6.08. The van der Waals surface area contributed by atoms with Crippen LogP contribution in [-0.2, 0) is 0 Å². The molecule has 8 heteroatoms. The molecule has 2 aromatic heterocycles. The third-order valence-corrected chi connectivity index (χ3v) is 3.36. The Bertz CT molecular complexity index is 830. The summed E-state index contributed by atoms with van der Waals surface area (Å²) in [7, 11) is 1.58. The van der Waals surface area contributed by atoms with E-state index >= 15 is 0 Å². The van der Waals surface area contributed by atoms with Crippen molar-refractivity contribution < 1.29 is 4.74 Å². The molecule has 0 saturated carbocycles. The summed E-state index contributed by atoms with van der Waals surface area (Å²) in [4.78, 5) is 8.28. The molecule has 0 aliphatic carbocycles. The van der Waals surface area contributed by atoms with Crippen molar-refractivity contribution in [1.82, 2.24) is 24.7 Å². The number of benzene rings is 1. The van der Waals surface area contributed by atoms with Crippen LogP contribution in [0.15, 0.2) is 36.8 Å². The molecule has 0 atom stereocenters. The summed E-state index contributed by atoms with van der Waals surface area (Å²) in [5.41, 5.74) is 1.27. The van der Waals surface area contributed by atoms with Gasteiger partial charge in [-0.2, -0.15) is 5.10 Å². The van der Waals surface area contributed by atoms with Crippen LogP contribution in [0.3, 0.4) is 0 Å². The average molecular weight is 320 g/mol. The van der Waals surface area contributed by atoms with E-state index in [0.717, 1.165) is 0 Å². The van der Waals surface area contributed by atoms with Crippen LogP contribution in [0.25, 0.3) is 17.2 Å². The van der Waals surface area contributed by atoms with Gasteiger partial charge in [0.1, 0.15) is 11.4 Å². The second-order valence-electron chi connectivity index (χ2n) is 4.09. The molecule has 0 saturated heterocycles. The van der Waals surface area contributed by atoms with Crippen LogP contribution in [0.4, 0.5) is 0 Å². The minimum Gasteiger partial charge on any atom is -0.495 e. The fraction of sp³-hybridized carbons (Fsp3) is 0.0769. The van der Waals surface area contributed by atoms with Crippen molar-refractivity contribution in [3.63, 3.8) is 0 Å². The second kappa shape index (κ2) is 5.63. The molecule has 0 fully saturated rings. The molecule has 106 valence electrons. The Morgan fingerprint density at radius 1 is 1.33 bits per heavy atom. The number of hydrogen-bond acceptors (Lipinski definition) is 5. The minimum atomic E-state index is 0.413. The third-order valence-electron chi connectivity index (χ3n) is 2.85. The fourth-order valence-electron chi connectivity index (χ4n) is 1.94. The van der Waals surface area contributed by atoms with Gasteiger partial charge in [-0.1, -0.05) is 11.6 Å². The second-order valence-corrected chi connectivity index (χ2v) is 4.92. The van der Waals surface area contributed by atoms with E-state index in [0.29, 0.717) is 32.7 Å². The zero-order valence-corrected chi connectivity index (χ0v) is 12.5. The van der Waals surface area contributed by atoms with Crippen molar-refractivity contribution >= 4 is 23.8 Å². The quantitative estimate of drug-likeness (QED) is 0.751. The molecule has 1 aromatic carbocycles. The molecule has 0 unspecified atom stereocenters. The van der Waals surface area contributed by atoms with Gasteiger partial charge >= 0.3 is 0 Å². The summed E-state index contributed by atoms with van der Waals surface area (Å²) < 4.78 is 7.49. The third kappa shape index (κ3) is 2.53. The molecule has 0 aliphatic rings. The number of nitrogens with one attached hydrogen (secondary N) is 1. The predicted molar refractivity (Wildman–Crippen MR) is 81.3 cm³/mol. The van der Waals surface area contributed by atoms with E-state index in [1.54, 1.807) is 48.5 Å². The molecule has 3 rings (SSSR count). The van der Waals surface area contributed by atoms with Gasteiger partial charge in [-0.05, 0) is 30.4 Å². The molecule has 1 N–H and O–H groups in total. The van der Waals surface area contributed by atoms with Gasteiger partial charge in [0.05, 0.1) is 19.0 Å². The van der Waals surface area contributed by atoms with Crippen molar-refractivity contribution in [2.24, 2.45) is 0 Å². The van der Waals surface area contributed by atoms with E-state index < -0.39 is 0 Å². The molecule has 2 heterocycles. The molecule has 3 aromatic rings. The first-order chi connectivity index (χ1) is 10.2. The lowest BCUT2D eigenvalue weighted by Crippen LogP contribution is -2.02. The van der Waals surface area contributed by atoms with Crippen molar-refractivity contribution in [3.05, 3.63) is 46.6 Å². The van der Waals surface area contributed by atoms with Crippen LogP contribution in [-0.4, -0.2) is 31.8 Å². The fourth-order valence-corrected chi connectivity index (χ4v) is 2.34. The Kier molecular flexibility index (Phi) is 3.68. The SMILES string of the molecule is COc1ccc(Cl)cc1-n1c(-c2cnccn2)n[nH]c1=S. The largest absolute Gasteiger partial charge is 0.495 e. The lowest BCUT2D eigenvalue weighted by Gasteiger charge is -2.11. The van der Waals surface area contributed by atoms with Crippen LogP contribution in [0, 0.1) is 4.77 Å². The summed E-state index contributed by atoms with van der Waals surface area (Å²) in [6, 6.07) is 5.27. The number of H-pyrrole nitrogens is 1. The van der Waals surface area contributed by atoms with Crippen molar-refractivity contribution in [3.8, 4) is 23.0 Å². The minimum absolute atomic E-state index is 0.413. The van der Waals surface area contributed by atoms with Gasteiger partial charge in [0.2, 0.25) is 0 Å². The smallest absolute Gasteiger partial charge is 0.200 e. The van der Waals surface area contributed by atoms with E-state index in [1.807, 2.05) is 0 Å². The normalized spacial score (nSPS) is 10.6. The molecule has 0 bridgehead atoms. The van der Waals surface area contributed by atoms with Gasteiger partial charge < -0.3 is 4.74 Å². The first-order valence-corrected chi connectivity index (χ1v) is 6.77. The molecule has 0 spiro atoms. The molecule has 6 nitrogen and oxygen atoms in total. The van der Waals surface area contributed by atoms with Crippen LogP contribution < -0.4 is 4.74 Å². The van der Waals surface area contributed by atoms with Crippen LogP contribution in [0.1, 0.15) is 0 Å². The lowest BCUT2D eigenvalue weighted by molar-refractivity contribution is 0.413. The number of ether oxygens (including phenoxy) is 1. The maximum absolute atomic E-state index is 6.08. The Hall–Kier alpha value is -2.25. The zero-order valence-electron chi connectivity index (χ0n) is 10.9. The summed E-state index contributed by atoms with van der Waals surface area (Å²) in [6.45, 7) is 0. The Labute approximate surface area is 130 Å². The van der Waals surface area contributed by atoms with Crippen LogP contribution in [0.5, 0.6) is 5.75 Å². The summed E-state index contributed by atoms with van der Waals surface area (Å²) in [5.74, 6) is 1.16. The highest BCUT2D eigenvalue weighted by Gasteiger charge is 2.15. The van der Waals surface area contributed by atoms with Crippen LogP contribution in [0.2, 0.25) is 5.02 Å². The first kappa shape index (κ1) is 13.7. The van der Waals surface area contributed by atoms with E-state index in [2.05, 4.69) is 20.2 Å². The maximum Gasteiger partial charge on any atom is 0.200 e. The van der Waals surface area contributed by atoms with Crippen LogP contribution >= 0.6 is 23.8 Å². The number of methoxy groups -OCH3 is 1. The summed E-state index contributed by atoms with van der Waals surface area (Å²) >= 11 is 11.4. The van der Waals surface area contributed by atoms with E-state index in [9.17, 15) is 0 Å². The highest BCUT2D eigenvalue weighted by atomic mass is 35.5. The van der Waals surface area contributed by atoms with Gasteiger partial charge in [-0.3, -0.25) is 14.6 Å². The highest BCUT2D eigenvalue weighted by molar-refractivity contribution is 7.71. The standard InChI is InChI=1S/C13H10ClN5OS/c1-20-11-3-2-8(14)6-10(11)19-12(17-18-13(19)21)9-7-15-4-5-16-9/h2-7H,1H3,(H,18,21). The molecular formula is C13H10ClN5OS. The van der Waals surface area contributed by atoms with Crippen molar-refractivity contribution in [2.75, 3.05) is 7.11 Å². The Balaban J connectivity index is 2.27. The zero-order chi connectivity index (χ0) is 14.8. The van der Waals surface area contributed by atoms with Gasteiger partial charge in [0.15, 0.2) is 10.6 Å². The Morgan fingerprint density at radius 2 is 2.19 bits per heavy atom. The van der Waals surface area contributed by atoms with Crippen molar-refractivity contribution in [2.45, 2.75) is 0 Å². The Morgan fingerprint density at radius 3 is 2.90 bits per heavy atom. The van der Waals surface area contributed by atoms with Gasteiger partial charge in [-0.25, -0.2) is 4.98 Å². The van der Waals surface area contributed by atoms with Crippen molar-refractivity contribution in [1.29, 1.82) is 0 Å². The average Bonchev–Trinajstić information content (AvgIpc) is 2.89. The van der Waals surface area contributed by atoms with E-state index in [1.165, 1.54) is 0 Å². The summed E-state index contributed by atoms with van der Waals surface area (Å²) in [5, 5.41) is 7.53. The van der Waals surface area contributed by atoms with E-state index in [-0.39, 0.29) is 0 Å². The molecule has 21 heavy (non-hydrogen) atoms. The molecule has 0 radical (unpaired) electrons. The molecule has 0 aliphatic heterocycles. The number of nitrogens with zero attached hydrogens (tertiary/aromatic N) is 4. The van der Waals surface area contributed by atoms with Gasteiger partial charge in [0, 0.05) is 17.4 Å². The first-order valence-electron chi connectivity index (χ1n) is 5.98. The number of aromatic nitrogens is 5. The number of rotatable bonds is 3. The van der Waals surface area contributed by atoms with Gasteiger partial charge in [0.25, 0.3) is 0 Å². The number of hydrogen-bond donors (Lipinski definition) is 1.